The predicted molar refractivity (Wildman–Crippen MR) is 109 cm³/mol. The monoisotopic (exact) mass is 369 g/mol. The molecule has 3 heterocycles. The van der Waals surface area contributed by atoms with Crippen LogP contribution in [0.15, 0.2) is 24.3 Å². The first-order chi connectivity index (χ1) is 13.1. The Morgan fingerprint density at radius 1 is 1.11 bits per heavy atom. The van der Waals surface area contributed by atoms with Gasteiger partial charge in [0.05, 0.1) is 0 Å². The van der Waals surface area contributed by atoms with Crippen molar-refractivity contribution in [2.45, 2.75) is 77.0 Å². The molecule has 0 aliphatic carbocycles. The average Bonchev–Trinajstić information content (AvgIpc) is 2.99. The maximum absolute atomic E-state index is 12.3. The van der Waals surface area contributed by atoms with Crippen LogP contribution < -0.4 is 10.6 Å². The van der Waals surface area contributed by atoms with E-state index in [2.05, 4.69) is 46.7 Å². The van der Waals surface area contributed by atoms with Gasteiger partial charge in [-0.1, -0.05) is 31.2 Å². The van der Waals surface area contributed by atoms with Gasteiger partial charge < -0.3 is 10.6 Å². The summed E-state index contributed by atoms with van der Waals surface area (Å²) in [6, 6.07) is 10.1. The van der Waals surface area contributed by atoms with Crippen molar-refractivity contribution in [3.05, 3.63) is 35.4 Å². The van der Waals surface area contributed by atoms with Crippen LogP contribution in [0, 0.1) is 11.8 Å². The summed E-state index contributed by atoms with van der Waals surface area (Å²) >= 11 is 0. The molecule has 2 bridgehead atoms. The Morgan fingerprint density at radius 3 is 2.52 bits per heavy atom. The number of rotatable bonds is 6. The molecule has 0 saturated carbocycles. The summed E-state index contributed by atoms with van der Waals surface area (Å²) in [6.07, 6.45) is 8.33. The first-order valence-electron chi connectivity index (χ1n) is 11.0. The van der Waals surface area contributed by atoms with Crippen LogP contribution in [-0.2, 0) is 17.9 Å². The third kappa shape index (κ3) is 5.32. The molecule has 3 aliphatic heterocycles. The Bertz CT molecular complexity index is 617. The fourth-order valence-electron chi connectivity index (χ4n) is 5.33. The topological polar surface area (TPSA) is 44.4 Å². The van der Waals surface area contributed by atoms with Gasteiger partial charge in [-0.15, -0.1) is 0 Å². The first-order valence-corrected chi connectivity index (χ1v) is 11.0. The van der Waals surface area contributed by atoms with Crippen LogP contribution in [0.2, 0.25) is 0 Å². The lowest BCUT2D eigenvalue weighted by molar-refractivity contribution is -0.122. The SMILES string of the molecule is CC1CCCN(Cc2ccc(CNC(=O)CC3CC4CCC(C3)N4)cc2)C1. The van der Waals surface area contributed by atoms with Gasteiger partial charge in [-0.05, 0) is 68.0 Å². The number of carbonyl (C=O) groups excluding carboxylic acids is 1. The number of carbonyl (C=O) groups is 1. The molecule has 0 radical (unpaired) electrons. The smallest absolute Gasteiger partial charge is 0.220 e. The van der Waals surface area contributed by atoms with Crippen LogP contribution in [0.5, 0.6) is 0 Å². The average molecular weight is 370 g/mol. The molecule has 0 spiro atoms. The molecule has 27 heavy (non-hydrogen) atoms. The summed E-state index contributed by atoms with van der Waals surface area (Å²) in [4.78, 5) is 14.9. The van der Waals surface area contributed by atoms with Gasteiger partial charge in [-0.3, -0.25) is 9.69 Å². The van der Waals surface area contributed by atoms with E-state index in [9.17, 15) is 4.79 Å². The number of hydrogen-bond acceptors (Lipinski definition) is 3. The Labute approximate surface area is 164 Å². The zero-order chi connectivity index (χ0) is 18.6. The van der Waals surface area contributed by atoms with E-state index < -0.39 is 0 Å². The van der Waals surface area contributed by atoms with Gasteiger partial charge in [0, 0.05) is 38.1 Å². The molecule has 2 N–H and O–H groups in total. The number of hydrogen-bond donors (Lipinski definition) is 2. The molecule has 1 amide bonds. The van der Waals surface area contributed by atoms with Crippen LogP contribution in [0.3, 0.4) is 0 Å². The maximum atomic E-state index is 12.3. The van der Waals surface area contributed by atoms with E-state index in [0.29, 0.717) is 31.0 Å². The number of amides is 1. The molecule has 1 aromatic rings. The highest BCUT2D eigenvalue weighted by atomic mass is 16.1. The first kappa shape index (κ1) is 18.9. The Kier molecular flexibility index (Phi) is 6.14. The molecule has 0 aromatic heterocycles. The third-order valence-corrected chi connectivity index (χ3v) is 6.70. The van der Waals surface area contributed by atoms with E-state index in [1.54, 1.807) is 0 Å². The molecule has 3 unspecified atom stereocenters. The van der Waals surface area contributed by atoms with Gasteiger partial charge in [-0.25, -0.2) is 0 Å². The van der Waals surface area contributed by atoms with E-state index in [1.807, 2.05) is 0 Å². The summed E-state index contributed by atoms with van der Waals surface area (Å²) in [5, 5.41) is 6.79. The van der Waals surface area contributed by atoms with Crippen LogP contribution >= 0.6 is 0 Å². The van der Waals surface area contributed by atoms with Crippen LogP contribution in [0.25, 0.3) is 0 Å². The second-order valence-corrected chi connectivity index (χ2v) is 9.26. The van der Waals surface area contributed by atoms with Crippen LogP contribution in [0.1, 0.15) is 63.0 Å². The molecule has 4 heteroatoms. The highest BCUT2D eigenvalue weighted by Crippen LogP contribution is 2.32. The number of piperidine rings is 2. The summed E-state index contributed by atoms with van der Waals surface area (Å²) < 4.78 is 0. The summed E-state index contributed by atoms with van der Waals surface area (Å²) in [6.45, 7) is 6.50. The molecule has 1 aromatic carbocycles. The van der Waals surface area contributed by atoms with Crippen molar-refractivity contribution >= 4 is 5.91 Å². The maximum Gasteiger partial charge on any atom is 0.220 e. The minimum Gasteiger partial charge on any atom is -0.352 e. The quantitative estimate of drug-likeness (QED) is 0.807. The second kappa shape index (κ2) is 8.74. The molecular formula is C23H35N3O. The normalized spacial score (nSPS) is 31.0. The van der Waals surface area contributed by atoms with Gasteiger partial charge in [0.25, 0.3) is 0 Å². The standard InChI is InChI=1S/C23H35N3O/c1-17-3-2-10-26(15-17)16-19-6-4-18(5-7-19)14-24-23(27)13-20-11-21-8-9-22(12-20)25-21/h4-7,17,20-22,25H,2-3,8-16H2,1H3,(H,24,27). The largest absolute Gasteiger partial charge is 0.352 e. The van der Waals surface area contributed by atoms with E-state index in [1.165, 1.54) is 62.7 Å². The molecular weight excluding hydrogens is 334 g/mol. The Hall–Kier alpha value is -1.39. The number of fused-ring (bicyclic) bond motifs is 2. The molecule has 4 rings (SSSR count). The van der Waals surface area contributed by atoms with Crippen molar-refractivity contribution in [1.29, 1.82) is 0 Å². The lowest BCUT2D eigenvalue weighted by Gasteiger charge is -2.30. The van der Waals surface area contributed by atoms with Gasteiger partial charge >= 0.3 is 0 Å². The van der Waals surface area contributed by atoms with Crippen molar-refractivity contribution in [3.63, 3.8) is 0 Å². The molecule has 3 atom stereocenters. The van der Waals surface area contributed by atoms with Gasteiger partial charge in [-0.2, -0.15) is 0 Å². The molecule has 3 aliphatic rings. The molecule has 3 saturated heterocycles. The highest BCUT2D eigenvalue weighted by molar-refractivity contribution is 5.76. The second-order valence-electron chi connectivity index (χ2n) is 9.26. The van der Waals surface area contributed by atoms with Crippen molar-refractivity contribution in [1.82, 2.24) is 15.5 Å². The summed E-state index contributed by atoms with van der Waals surface area (Å²) in [5.41, 5.74) is 2.58. The van der Waals surface area contributed by atoms with E-state index in [-0.39, 0.29) is 5.91 Å². The molecule has 4 nitrogen and oxygen atoms in total. The minimum absolute atomic E-state index is 0.215. The third-order valence-electron chi connectivity index (χ3n) is 6.70. The van der Waals surface area contributed by atoms with E-state index in [4.69, 9.17) is 0 Å². The van der Waals surface area contributed by atoms with Crippen LogP contribution in [-0.4, -0.2) is 36.0 Å². The summed E-state index contributed by atoms with van der Waals surface area (Å²) in [5.74, 6) is 1.61. The molecule has 148 valence electrons. The van der Waals surface area contributed by atoms with E-state index in [0.717, 1.165) is 12.5 Å². The number of nitrogens with one attached hydrogen (secondary N) is 2. The molecule has 3 fully saturated rings. The van der Waals surface area contributed by atoms with Gasteiger partial charge in [0.15, 0.2) is 0 Å². The fraction of sp³-hybridized carbons (Fsp3) is 0.696. The Balaban J connectivity index is 1.20. The Morgan fingerprint density at radius 2 is 1.81 bits per heavy atom. The predicted octanol–water partition coefficient (Wildman–Crippen LogP) is 3.46. The lowest BCUT2D eigenvalue weighted by atomic mass is 9.89. The van der Waals surface area contributed by atoms with Gasteiger partial charge in [0.1, 0.15) is 0 Å². The zero-order valence-electron chi connectivity index (χ0n) is 16.8. The van der Waals surface area contributed by atoms with Crippen LogP contribution in [0.4, 0.5) is 0 Å². The van der Waals surface area contributed by atoms with Gasteiger partial charge in [0.2, 0.25) is 5.91 Å². The lowest BCUT2D eigenvalue weighted by Crippen LogP contribution is -2.39. The number of benzene rings is 1. The van der Waals surface area contributed by atoms with Crippen molar-refractivity contribution < 1.29 is 4.79 Å². The summed E-state index contributed by atoms with van der Waals surface area (Å²) in [7, 11) is 0. The van der Waals surface area contributed by atoms with Crippen molar-refractivity contribution in [3.8, 4) is 0 Å². The fourth-order valence-corrected chi connectivity index (χ4v) is 5.33. The van der Waals surface area contributed by atoms with Crippen molar-refractivity contribution in [2.24, 2.45) is 11.8 Å². The van der Waals surface area contributed by atoms with Crippen molar-refractivity contribution in [2.75, 3.05) is 13.1 Å². The van der Waals surface area contributed by atoms with E-state index >= 15 is 0 Å². The number of likely N-dealkylation sites (tertiary alicyclic amines) is 1. The number of nitrogens with zero attached hydrogens (tertiary/aromatic N) is 1. The minimum atomic E-state index is 0.215. The zero-order valence-corrected chi connectivity index (χ0v) is 16.8. The highest BCUT2D eigenvalue weighted by Gasteiger charge is 2.34.